The monoisotopic (exact) mass is 320 g/mol. The molecule has 0 spiro atoms. The van der Waals surface area contributed by atoms with E-state index < -0.39 is 14.8 Å². The molecule has 1 aliphatic heterocycles. The Kier molecular flexibility index (Phi) is 4.09. The van der Waals surface area contributed by atoms with Crippen molar-refractivity contribution in [3.8, 4) is 0 Å². The van der Waals surface area contributed by atoms with Gasteiger partial charge in [-0.25, -0.2) is 13.4 Å². The van der Waals surface area contributed by atoms with E-state index in [9.17, 15) is 18.5 Å². The second-order valence-electron chi connectivity index (χ2n) is 4.60. The van der Waals surface area contributed by atoms with Crippen LogP contribution in [-0.4, -0.2) is 40.9 Å². The highest BCUT2D eigenvalue weighted by atomic mass is 35.5. The highest BCUT2D eigenvalue weighted by molar-refractivity contribution is 7.91. The molecule has 0 amide bonds. The van der Waals surface area contributed by atoms with Gasteiger partial charge in [-0.1, -0.05) is 0 Å². The summed E-state index contributed by atoms with van der Waals surface area (Å²) >= 11 is 5.71. The number of nitro groups is 1. The number of anilines is 1. The molecule has 0 radical (unpaired) electrons. The molecule has 0 aliphatic carbocycles. The zero-order chi connectivity index (χ0) is 14.9. The summed E-state index contributed by atoms with van der Waals surface area (Å²) in [6, 6.07) is -0.178. The van der Waals surface area contributed by atoms with Crippen molar-refractivity contribution in [3.63, 3.8) is 0 Å². The van der Waals surface area contributed by atoms with Crippen LogP contribution >= 0.6 is 11.6 Å². The van der Waals surface area contributed by atoms with Crippen LogP contribution < -0.4 is 5.32 Å². The number of aryl methyl sites for hydroxylation is 1. The molecule has 1 aromatic rings. The molecule has 0 unspecified atom stereocenters. The Bertz CT molecular complexity index is 635. The maximum atomic E-state index is 11.3. The fourth-order valence-electron chi connectivity index (χ4n) is 2.08. The van der Waals surface area contributed by atoms with Gasteiger partial charge in [-0.05, 0) is 31.4 Å². The Balaban J connectivity index is 2.23. The average Bonchev–Trinajstić information content (AvgIpc) is 2.30. The predicted octanol–water partition coefficient (Wildman–Crippen LogP) is 1.34. The number of aromatic nitrogens is 2. The maximum absolute atomic E-state index is 11.3. The Hall–Kier alpha value is -1.48. The summed E-state index contributed by atoms with van der Waals surface area (Å²) in [6.45, 7) is 1.47. The van der Waals surface area contributed by atoms with Gasteiger partial charge in [-0.15, -0.1) is 0 Å². The van der Waals surface area contributed by atoms with E-state index in [4.69, 9.17) is 11.6 Å². The maximum Gasteiger partial charge on any atom is 0.332 e. The molecular weight excluding hydrogens is 308 g/mol. The Labute approximate surface area is 120 Å². The molecule has 1 saturated heterocycles. The lowest BCUT2D eigenvalue weighted by molar-refractivity contribution is -0.385. The molecule has 8 nitrogen and oxygen atoms in total. The van der Waals surface area contributed by atoms with Gasteiger partial charge >= 0.3 is 5.69 Å². The molecule has 2 heterocycles. The van der Waals surface area contributed by atoms with Crippen molar-refractivity contribution >= 4 is 32.9 Å². The number of nitrogens with one attached hydrogen (secondary N) is 1. The number of nitrogens with zero attached hydrogens (tertiary/aromatic N) is 3. The number of hydrogen-bond acceptors (Lipinski definition) is 7. The molecule has 20 heavy (non-hydrogen) atoms. The van der Waals surface area contributed by atoms with Gasteiger partial charge in [0.25, 0.3) is 0 Å². The van der Waals surface area contributed by atoms with Crippen molar-refractivity contribution in [1.82, 2.24) is 9.97 Å². The van der Waals surface area contributed by atoms with Gasteiger partial charge < -0.3 is 5.32 Å². The zero-order valence-electron chi connectivity index (χ0n) is 10.7. The van der Waals surface area contributed by atoms with Crippen LogP contribution in [0.4, 0.5) is 11.5 Å². The van der Waals surface area contributed by atoms with E-state index in [2.05, 4.69) is 15.3 Å². The van der Waals surface area contributed by atoms with Crippen LogP contribution in [0.1, 0.15) is 18.5 Å². The normalized spacial score (nSPS) is 18.7. The highest BCUT2D eigenvalue weighted by Gasteiger charge is 2.28. The summed E-state index contributed by atoms with van der Waals surface area (Å²) in [5.74, 6) is 0.170. The van der Waals surface area contributed by atoms with Gasteiger partial charge in [-0.2, -0.15) is 4.98 Å². The van der Waals surface area contributed by atoms with Crippen LogP contribution in [0.5, 0.6) is 0 Å². The Morgan fingerprint density at radius 2 is 1.95 bits per heavy atom. The van der Waals surface area contributed by atoms with E-state index in [-0.39, 0.29) is 40.0 Å². The van der Waals surface area contributed by atoms with Gasteiger partial charge in [0.05, 0.1) is 16.4 Å². The molecule has 110 valence electrons. The summed E-state index contributed by atoms with van der Waals surface area (Å²) < 4.78 is 22.7. The second-order valence-corrected chi connectivity index (χ2v) is 7.24. The Morgan fingerprint density at radius 1 is 1.35 bits per heavy atom. The lowest BCUT2D eigenvalue weighted by atomic mass is 10.1. The first-order valence-corrected chi connectivity index (χ1v) is 8.14. The van der Waals surface area contributed by atoms with E-state index in [1.165, 1.54) is 6.92 Å². The first-order valence-electron chi connectivity index (χ1n) is 5.94. The largest absolute Gasteiger partial charge is 0.361 e. The summed E-state index contributed by atoms with van der Waals surface area (Å²) in [5.41, 5.74) is -0.0660. The smallest absolute Gasteiger partial charge is 0.332 e. The van der Waals surface area contributed by atoms with Gasteiger partial charge in [0, 0.05) is 6.04 Å². The number of sulfone groups is 1. The van der Waals surface area contributed by atoms with Crippen LogP contribution in [0.25, 0.3) is 0 Å². The Morgan fingerprint density at radius 3 is 2.50 bits per heavy atom. The standard InChI is InChI=1S/C10H13ClN4O4S/c1-6-8(15(16)17)9(14-10(11)12-6)13-7-2-4-20(18,19)5-3-7/h7H,2-5H2,1H3,(H,12,13,14). The molecule has 0 bridgehead atoms. The number of rotatable bonds is 3. The minimum absolute atomic E-state index is 0.0387. The van der Waals surface area contributed by atoms with Crippen molar-refractivity contribution < 1.29 is 13.3 Å². The van der Waals surface area contributed by atoms with Gasteiger partial charge in [0.2, 0.25) is 11.1 Å². The third-order valence-electron chi connectivity index (χ3n) is 3.11. The fraction of sp³-hybridized carbons (Fsp3) is 0.600. The summed E-state index contributed by atoms with van der Waals surface area (Å²) in [6.07, 6.45) is 0.778. The zero-order valence-corrected chi connectivity index (χ0v) is 12.2. The minimum atomic E-state index is -2.98. The second kappa shape index (κ2) is 5.49. The van der Waals surface area contributed by atoms with Gasteiger partial charge in [0.15, 0.2) is 0 Å². The summed E-state index contributed by atoms with van der Waals surface area (Å²) in [4.78, 5) is 18.1. The summed E-state index contributed by atoms with van der Waals surface area (Å²) in [5, 5.41) is 13.9. The molecule has 0 aromatic carbocycles. The molecule has 0 atom stereocenters. The number of halogens is 1. The molecule has 1 aliphatic rings. The van der Waals surface area contributed by atoms with Gasteiger partial charge in [0.1, 0.15) is 15.5 Å². The topological polar surface area (TPSA) is 115 Å². The van der Waals surface area contributed by atoms with Crippen LogP contribution in [0.3, 0.4) is 0 Å². The molecule has 1 aromatic heterocycles. The lowest BCUT2D eigenvalue weighted by Crippen LogP contribution is -2.32. The van der Waals surface area contributed by atoms with Gasteiger partial charge in [-0.3, -0.25) is 10.1 Å². The molecule has 0 saturated carbocycles. The highest BCUT2D eigenvalue weighted by Crippen LogP contribution is 2.28. The summed E-state index contributed by atoms with van der Waals surface area (Å²) in [7, 11) is -2.98. The first-order chi connectivity index (χ1) is 9.28. The van der Waals surface area contributed by atoms with E-state index in [1.807, 2.05) is 0 Å². The molecule has 2 rings (SSSR count). The molecule has 1 fully saturated rings. The SMILES string of the molecule is Cc1nc(Cl)nc(NC2CCS(=O)(=O)CC2)c1[N+](=O)[O-]. The molecule has 10 heteroatoms. The lowest BCUT2D eigenvalue weighted by Gasteiger charge is -2.23. The average molecular weight is 321 g/mol. The third kappa shape index (κ3) is 3.34. The van der Waals surface area contributed by atoms with Crippen molar-refractivity contribution in [2.24, 2.45) is 0 Å². The van der Waals surface area contributed by atoms with E-state index >= 15 is 0 Å². The van der Waals surface area contributed by atoms with E-state index in [0.29, 0.717) is 12.8 Å². The first kappa shape index (κ1) is 14.9. The van der Waals surface area contributed by atoms with E-state index in [1.54, 1.807) is 0 Å². The quantitative estimate of drug-likeness (QED) is 0.507. The predicted molar refractivity (Wildman–Crippen MR) is 73.7 cm³/mol. The fourth-order valence-corrected chi connectivity index (χ4v) is 3.78. The minimum Gasteiger partial charge on any atom is -0.361 e. The van der Waals surface area contributed by atoms with Crippen molar-refractivity contribution in [1.29, 1.82) is 0 Å². The van der Waals surface area contributed by atoms with Crippen LogP contribution in [-0.2, 0) is 9.84 Å². The van der Waals surface area contributed by atoms with Crippen LogP contribution in [0, 0.1) is 17.0 Å². The van der Waals surface area contributed by atoms with Crippen LogP contribution in [0.2, 0.25) is 5.28 Å². The number of hydrogen-bond donors (Lipinski definition) is 1. The molecular formula is C10H13ClN4O4S. The van der Waals surface area contributed by atoms with Crippen LogP contribution in [0.15, 0.2) is 0 Å². The molecule has 1 N–H and O–H groups in total. The third-order valence-corrected chi connectivity index (χ3v) is 4.99. The van der Waals surface area contributed by atoms with Crippen molar-refractivity contribution in [3.05, 3.63) is 21.1 Å². The van der Waals surface area contributed by atoms with Crippen molar-refractivity contribution in [2.45, 2.75) is 25.8 Å². The van der Waals surface area contributed by atoms with E-state index in [0.717, 1.165) is 0 Å². The van der Waals surface area contributed by atoms with Crippen molar-refractivity contribution in [2.75, 3.05) is 16.8 Å².